The van der Waals surface area contributed by atoms with Crippen molar-refractivity contribution in [1.29, 1.82) is 0 Å². The molecule has 1 aromatic rings. The number of hydrogen-bond donors (Lipinski definition) is 1. The first-order valence-electron chi connectivity index (χ1n) is 6.03. The van der Waals surface area contributed by atoms with E-state index in [1.54, 1.807) is 19.0 Å². The van der Waals surface area contributed by atoms with Crippen LogP contribution in [-0.4, -0.2) is 36.0 Å². The summed E-state index contributed by atoms with van der Waals surface area (Å²) >= 11 is 0. The van der Waals surface area contributed by atoms with Crippen LogP contribution < -0.4 is 5.32 Å². The van der Waals surface area contributed by atoms with Crippen molar-refractivity contribution in [2.24, 2.45) is 0 Å². The van der Waals surface area contributed by atoms with Crippen LogP contribution in [0.4, 0.5) is 0 Å². The molecule has 0 aliphatic rings. The number of rotatable bonds is 5. The zero-order valence-corrected chi connectivity index (χ0v) is 11.5. The minimum absolute atomic E-state index is 0.106. The smallest absolute Gasteiger partial charge is 0.236 e. The molecule has 17 heavy (non-hydrogen) atoms. The van der Waals surface area contributed by atoms with Crippen LogP contribution in [0.3, 0.4) is 0 Å². The summed E-state index contributed by atoms with van der Waals surface area (Å²) in [5.74, 6) is 0.106. The van der Waals surface area contributed by atoms with Gasteiger partial charge in [0.25, 0.3) is 0 Å². The van der Waals surface area contributed by atoms with Crippen molar-refractivity contribution < 1.29 is 4.79 Å². The Hall–Kier alpha value is -1.29. The van der Waals surface area contributed by atoms with Crippen LogP contribution in [0.1, 0.15) is 23.9 Å². The molecule has 0 unspecified atom stereocenters. The fourth-order valence-corrected chi connectivity index (χ4v) is 2.00. The van der Waals surface area contributed by atoms with Crippen molar-refractivity contribution in [3.63, 3.8) is 0 Å². The van der Waals surface area contributed by atoms with Crippen LogP contribution in [0.5, 0.6) is 0 Å². The summed E-state index contributed by atoms with van der Waals surface area (Å²) in [7, 11) is 3.54. The number of likely N-dealkylation sites (N-methyl/N-ethyl adjacent to an activating group) is 1. The van der Waals surface area contributed by atoms with E-state index >= 15 is 0 Å². The maximum atomic E-state index is 11.4. The second-order valence-electron chi connectivity index (χ2n) is 4.53. The molecule has 4 heteroatoms. The van der Waals surface area contributed by atoms with Crippen molar-refractivity contribution in [1.82, 2.24) is 14.8 Å². The molecule has 0 saturated carbocycles. The van der Waals surface area contributed by atoms with E-state index in [4.69, 9.17) is 0 Å². The van der Waals surface area contributed by atoms with Gasteiger partial charge in [0.2, 0.25) is 5.91 Å². The lowest BCUT2D eigenvalue weighted by Crippen LogP contribution is -2.32. The summed E-state index contributed by atoms with van der Waals surface area (Å²) < 4.78 is 2.28. The normalized spacial score (nSPS) is 10.6. The second kappa shape index (κ2) is 5.87. The fourth-order valence-electron chi connectivity index (χ4n) is 2.00. The minimum atomic E-state index is 0.106. The molecule has 96 valence electrons. The van der Waals surface area contributed by atoms with E-state index in [-0.39, 0.29) is 5.91 Å². The highest BCUT2D eigenvalue weighted by atomic mass is 16.2. The number of nitrogens with zero attached hydrogens (tertiary/aromatic N) is 2. The fraction of sp³-hybridized carbons (Fsp3) is 0.615. The number of aromatic nitrogens is 1. The summed E-state index contributed by atoms with van der Waals surface area (Å²) in [5.41, 5.74) is 3.84. The van der Waals surface area contributed by atoms with Crippen molar-refractivity contribution in [3.8, 4) is 0 Å². The summed E-state index contributed by atoms with van der Waals surface area (Å²) in [6, 6.07) is 2.19. The van der Waals surface area contributed by atoms with E-state index in [0.717, 1.165) is 13.1 Å². The lowest BCUT2D eigenvalue weighted by molar-refractivity contribution is -0.127. The highest BCUT2D eigenvalue weighted by molar-refractivity contribution is 5.77. The predicted molar refractivity (Wildman–Crippen MR) is 70.0 cm³/mol. The first-order valence-corrected chi connectivity index (χ1v) is 6.03. The molecule has 0 radical (unpaired) electrons. The molecule has 0 atom stereocenters. The van der Waals surface area contributed by atoms with Gasteiger partial charge in [0, 0.05) is 38.6 Å². The molecule has 1 aromatic heterocycles. The number of nitrogens with one attached hydrogen (secondary N) is 1. The van der Waals surface area contributed by atoms with Crippen LogP contribution in [0, 0.1) is 13.8 Å². The van der Waals surface area contributed by atoms with Gasteiger partial charge in [-0.1, -0.05) is 0 Å². The van der Waals surface area contributed by atoms with Crippen molar-refractivity contribution in [3.05, 3.63) is 23.0 Å². The van der Waals surface area contributed by atoms with Crippen LogP contribution >= 0.6 is 0 Å². The highest BCUT2D eigenvalue weighted by Crippen LogP contribution is 2.14. The molecule has 1 rings (SSSR count). The van der Waals surface area contributed by atoms with Gasteiger partial charge in [-0.25, -0.2) is 0 Å². The topological polar surface area (TPSA) is 37.3 Å². The van der Waals surface area contributed by atoms with Crippen molar-refractivity contribution >= 4 is 5.91 Å². The Balaban J connectivity index is 2.56. The molecular weight excluding hydrogens is 214 g/mol. The van der Waals surface area contributed by atoms with Crippen molar-refractivity contribution in [2.75, 3.05) is 20.6 Å². The number of aryl methyl sites for hydroxylation is 1. The van der Waals surface area contributed by atoms with Gasteiger partial charge in [0.1, 0.15) is 0 Å². The van der Waals surface area contributed by atoms with E-state index < -0.39 is 0 Å². The van der Waals surface area contributed by atoms with Gasteiger partial charge in [0.15, 0.2) is 0 Å². The van der Waals surface area contributed by atoms with E-state index in [2.05, 4.69) is 36.7 Å². The Kier molecular flexibility index (Phi) is 4.75. The quantitative estimate of drug-likeness (QED) is 0.838. The van der Waals surface area contributed by atoms with Crippen LogP contribution in [0.2, 0.25) is 0 Å². The van der Waals surface area contributed by atoms with Crippen molar-refractivity contribution in [2.45, 2.75) is 33.9 Å². The average Bonchev–Trinajstić information content (AvgIpc) is 2.53. The molecule has 0 bridgehead atoms. The van der Waals surface area contributed by atoms with Crippen LogP contribution in [0.15, 0.2) is 6.07 Å². The lowest BCUT2D eigenvalue weighted by Gasteiger charge is -2.11. The number of hydrogen-bond acceptors (Lipinski definition) is 2. The number of carbonyl (C=O) groups excluding carboxylic acids is 1. The molecule has 0 saturated heterocycles. The zero-order chi connectivity index (χ0) is 13.0. The predicted octanol–water partition coefficient (Wildman–Crippen LogP) is 1.30. The average molecular weight is 237 g/mol. The Bertz CT molecular complexity index is 394. The molecule has 0 spiro atoms. The van der Waals surface area contributed by atoms with Gasteiger partial charge in [0.05, 0.1) is 6.54 Å². The molecule has 0 aromatic carbocycles. The Morgan fingerprint density at radius 1 is 1.41 bits per heavy atom. The van der Waals surface area contributed by atoms with E-state index in [1.807, 2.05) is 0 Å². The molecule has 0 fully saturated rings. The zero-order valence-electron chi connectivity index (χ0n) is 11.5. The Morgan fingerprint density at radius 3 is 2.53 bits per heavy atom. The highest BCUT2D eigenvalue weighted by Gasteiger charge is 2.08. The van der Waals surface area contributed by atoms with E-state index in [9.17, 15) is 4.79 Å². The van der Waals surface area contributed by atoms with Gasteiger partial charge in [-0.3, -0.25) is 4.79 Å². The molecule has 1 heterocycles. The summed E-state index contributed by atoms with van der Waals surface area (Å²) in [5, 5.41) is 3.18. The molecule has 1 amide bonds. The third kappa shape index (κ3) is 3.33. The number of carbonyl (C=O) groups is 1. The summed E-state index contributed by atoms with van der Waals surface area (Å²) in [6.07, 6.45) is 0. The van der Waals surface area contributed by atoms with Crippen LogP contribution in [0.25, 0.3) is 0 Å². The Labute approximate surface area is 104 Å². The first kappa shape index (κ1) is 13.8. The molecule has 0 aliphatic carbocycles. The SMILES string of the molecule is CCn1c(C)cc(CNCC(=O)N(C)C)c1C. The monoisotopic (exact) mass is 237 g/mol. The van der Waals surface area contributed by atoms with Gasteiger partial charge < -0.3 is 14.8 Å². The van der Waals surface area contributed by atoms with Gasteiger partial charge in [-0.05, 0) is 32.4 Å². The van der Waals surface area contributed by atoms with E-state index in [0.29, 0.717) is 6.54 Å². The second-order valence-corrected chi connectivity index (χ2v) is 4.53. The molecular formula is C13H23N3O. The van der Waals surface area contributed by atoms with E-state index in [1.165, 1.54) is 17.0 Å². The number of amides is 1. The first-order chi connectivity index (χ1) is 7.97. The molecule has 0 aliphatic heterocycles. The largest absolute Gasteiger partial charge is 0.349 e. The maximum Gasteiger partial charge on any atom is 0.236 e. The third-order valence-corrected chi connectivity index (χ3v) is 3.09. The maximum absolute atomic E-state index is 11.4. The van der Waals surface area contributed by atoms with Crippen LogP contribution in [-0.2, 0) is 17.9 Å². The molecule has 1 N–H and O–H groups in total. The summed E-state index contributed by atoms with van der Waals surface area (Å²) in [4.78, 5) is 13.0. The third-order valence-electron chi connectivity index (χ3n) is 3.09. The Morgan fingerprint density at radius 2 is 2.06 bits per heavy atom. The summed E-state index contributed by atoms with van der Waals surface area (Å²) in [6.45, 7) is 8.52. The standard InChI is InChI=1S/C13H23N3O/c1-6-16-10(2)7-12(11(16)3)8-14-9-13(17)15(4)5/h7,14H,6,8-9H2,1-5H3. The molecule has 4 nitrogen and oxygen atoms in total. The lowest BCUT2D eigenvalue weighted by atomic mass is 10.2. The van der Waals surface area contributed by atoms with Gasteiger partial charge in [-0.15, -0.1) is 0 Å². The minimum Gasteiger partial charge on any atom is -0.349 e. The van der Waals surface area contributed by atoms with Gasteiger partial charge in [-0.2, -0.15) is 0 Å². The van der Waals surface area contributed by atoms with Gasteiger partial charge >= 0.3 is 0 Å².